The largest absolute Gasteiger partial charge is 0.466 e. The third kappa shape index (κ3) is 4.96. The molecule has 2 amide bonds. The van der Waals surface area contributed by atoms with Gasteiger partial charge in [0.2, 0.25) is 5.91 Å². The topological polar surface area (TPSA) is 75.7 Å². The molecule has 2 rings (SSSR count). The summed E-state index contributed by atoms with van der Waals surface area (Å²) in [6, 6.07) is 4.09. The summed E-state index contributed by atoms with van der Waals surface area (Å²) in [6.07, 6.45) is 4.04. The number of hydrogen-bond donors (Lipinski definition) is 1. The molecule has 6 nitrogen and oxygen atoms in total. The van der Waals surface area contributed by atoms with E-state index in [-0.39, 0.29) is 18.4 Å². The molecule has 1 atom stereocenters. The fourth-order valence-electron chi connectivity index (χ4n) is 2.58. The maximum Gasteiger partial charge on any atom is 0.330 e. The Bertz CT molecular complexity index is 706. The summed E-state index contributed by atoms with van der Waals surface area (Å²) in [5.74, 6) is -1.02. The van der Waals surface area contributed by atoms with E-state index in [9.17, 15) is 14.4 Å². The van der Waals surface area contributed by atoms with Crippen LogP contribution in [0.1, 0.15) is 23.2 Å². The van der Waals surface area contributed by atoms with Crippen LogP contribution < -0.4 is 5.32 Å². The first kappa shape index (κ1) is 19.3. The van der Waals surface area contributed by atoms with Crippen molar-refractivity contribution in [1.82, 2.24) is 10.2 Å². The van der Waals surface area contributed by atoms with Gasteiger partial charge in [0.15, 0.2) is 0 Å². The van der Waals surface area contributed by atoms with Crippen molar-refractivity contribution >= 4 is 41.0 Å². The monoisotopic (exact) mass is 384 g/mol. The molecule has 1 aliphatic rings. The molecule has 1 aromatic rings. The van der Waals surface area contributed by atoms with Gasteiger partial charge < -0.3 is 15.0 Å². The van der Waals surface area contributed by atoms with E-state index in [0.29, 0.717) is 28.6 Å². The lowest BCUT2D eigenvalue weighted by Crippen LogP contribution is -2.46. The Hall–Kier alpha value is -2.05. The van der Waals surface area contributed by atoms with Crippen LogP contribution in [0.4, 0.5) is 0 Å². The summed E-state index contributed by atoms with van der Waals surface area (Å²) in [4.78, 5) is 37.5. The van der Waals surface area contributed by atoms with Crippen LogP contribution in [-0.2, 0) is 14.3 Å². The summed E-state index contributed by atoms with van der Waals surface area (Å²) in [7, 11) is 1.27. The molecule has 1 aliphatic heterocycles. The molecule has 1 unspecified atom stereocenters. The Morgan fingerprint density at radius 2 is 2.08 bits per heavy atom. The van der Waals surface area contributed by atoms with Gasteiger partial charge in [0.25, 0.3) is 5.91 Å². The Morgan fingerprint density at radius 1 is 1.32 bits per heavy atom. The molecule has 0 radical (unpaired) electrons. The molecule has 1 heterocycles. The van der Waals surface area contributed by atoms with Gasteiger partial charge in [-0.2, -0.15) is 0 Å². The van der Waals surface area contributed by atoms with E-state index in [4.69, 9.17) is 23.2 Å². The number of nitrogens with zero attached hydrogens (tertiary/aromatic N) is 1. The van der Waals surface area contributed by atoms with Crippen LogP contribution in [0.3, 0.4) is 0 Å². The minimum Gasteiger partial charge on any atom is -0.466 e. The standard InChI is InChI=1S/C17H18Cl2N2O4/c1-25-15(22)5-2-8-20-16(23)14-4-3-9-21(14)17(24)11-6-7-12(18)13(19)10-11/h2,5-7,10,14H,3-4,8-9H2,1H3,(H,20,23)/b5-2+. The van der Waals surface area contributed by atoms with Crippen molar-refractivity contribution in [2.75, 3.05) is 20.2 Å². The summed E-state index contributed by atoms with van der Waals surface area (Å²) >= 11 is 11.8. The average Bonchev–Trinajstić information content (AvgIpc) is 3.09. The Kier molecular flexibility index (Phi) is 6.84. The Labute approximate surface area is 155 Å². The average molecular weight is 385 g/mol. The summed E-state index contributed by atoms with van der Waals surface area (Å²) in [6.45, 7) is 0.675. The van der Waals surface area contributed by atoms with Gasteiger partial charge in [0.1, 0.15) is 6.04 Å². The predicted molar refractivity (Wildman–Crippen MR) is 94.7 cm³/mol. The number of carbonyl (C=O) groups is 3. The number of likely N-dealkylation sites (tertiary alicyclic amines) is 1. The first-order valence-corrected chi connectivity index (χ1v) is 8.48. The minimum atomic E-state index is -0.548. The zero-order valence-corrected chi connectivity index (χ0v) is 15.1. The second kappa shape index (κ2) is 8.87. The van der Waals surface area contributed by atoms with Crippen molar-refractivity contribution in [2.24, 2.45) is 0 Å². The third-order valence-electron chi connectivity index (χ3n) is 3.83. The molecule has 0 saturated carbocycles. The Morgan fingerprint density at radius 3 is 2.76 bits per heavy atom. The highest BCUT2D eigenvalue weighted by atomic mass is 35.5. The number of methoxy groups -OCH3 is 1. The van der Waals surface area contributed by atoms with Gasteiger partial charge in [-0.1, -0.05) is 29.3 Å². The normalized spacial score (nSPS) is 16.9. The number of ether oxygens (including phenoxy) is 1. The van der Waals surface area contributed by atoms with Crippen LogP contribution >= 0.6 is 23.2 Å². The van der Waals surface area contributed by atoms with Crippen LogP contribution in [0.15, 0.2) is 30.4 Å². The van der Waals surface area contributed by atoms with E-state index < -0.39 is 12.0 Å². The smallest absolute Gasteiger partial charge is 0.330 e. The molecular weight excluding hydrogens is 367 g/mol. The molecule has 0 aliphatic carbocycles. The molecule has 134 valence electrons. The quantitative estimate of drug-likeness (QED) is 0.624. The van der Waals surface area contributed by atoms with Crippen LogP contribution in [0.5, 0.6) is 0 Å². The highest BCUT2D eigenvalue weighted by Crippen LogP contribution is 2.25. The zero-order chi connectivity index (χ0) is 18.4. The fourth-order valence-corrected chi connectivity index (χ4v) is 2.88. The van der Waals surface area contributed by atoms with Gasteiger partial charge in [0.05, 0.1) is 17.2 Å². The van der Waals surface area contributed by atoms with Crippen molar-refractivity contribution in [3.05, 3.63) is 46.0 Å². The van der Waals surface area contributed by atoms with E-state index >= 15 is 0 Å². The molecule has 25 heavy (non-hydrogen) atoms. The zero-order valence-electron chi connectivity index (χ0n) is 13.6. The van der Waals surface area contributed by atoms with E-state index in [1.165, 1.54) is 30.2 Å². The van der Waals surface area contributed by atoms with Crippen LogP contribution in [0, 0.1) is 0 Å². The second-order valence-electron chi connectivity index (χ2n) is 5.46. The van der Waals surface area contributed by atoms with Gasteiger partial charge in [-0.05, 0) is 31.0 Å². The van der Waals surface area contributed by atoms with Gasteiger partial charge in [-0.3, -0.25) is 9.59 Å². The molecule has 1 aromatic carbocycles. The lowest BCUT2D eigenvalue weighted by Gasteiger charge is -2.24. The molecule has 0 aromatic heterocycles. The van der Waals surface area contributed by atoms with Crippen molar-refractivity contribution in [2.45, 2.75) is 18.9 Å². The van der Waals surface area contributed by atoms with Gasteiger partial charge in [0, 0.05) is 24.7 Å². The van der Waals surface area contributed by atoms with Gasteiger partial charge in [-0.15, -0.1) is 0 Å². The fraction of sp³-hybridized carbons (Fsp3) is 0.353. The lowest BCUT2D eigenvalue weighted by atomic mass is 10.1. The van der Waals surface area contributed by atoms with Crippen molar-refractivity contribution in [1.29, 1.82) is 0 Å². The first-order chi connectivity index (χ1) is 11.9. The summed E-state index contributed by atoms with van der Waals surface area (Å²) in [5, 5.41) is 3.35. The van der Waals surface area contributed by atoms with Gasteiger partial charge in [-0.25, -0.2) is 4.79 Å². The third-order valence-corrected chi connectivity index (χ3v) is 4.57. The van der Waals surface area contributed by atoms with E-state index in [1.807, 2.05) is 0 Å². The van der Waals surface area contributed by atoms with Crippen molar-refractivity contribution in [3.8, 4) is 0 Å². The number of halogens is 2. The maximum atomic E-state index is 12.7. The molecule has 0 bridgehead atoms. The lowest BCUT2D eigenvalue weighted by molar-refractivity contribution is -0.134. The predicted octanol–water partition coefficient (Wildman–Crippen LogP) is 2.44. The molecule has 8 heteroatoms. The molecule has 1 fully saturated rings. The van der Waals surface area contributed by atoms with Crippen LogP contribution in [-0.4, -0.2) is 48.9 Å². The number of benzene rings is 1. The van der Waals surface area contributed by atoms with Crippen molar-refractivity contribution in [3.63, 3.8) is 0 Å². The van der Waals surface area contributed by atoms with Gasteiger partial charge >= 0.3 is 5.97 Å². The molecule has 1 N–H and O–H groups in total. The van der Waals surface area contributed by atoms with E-state index in [0.717, 1.165) is 6.42 Å². The van der Waals surface area contributed by atoms with Crippen molar-refractivity contribution < 1.29 is 19.1 Å². The molecular formula is C17H18Cl2N2O4. The van der Waals surface area contributed by atoms with E-state index in [2.05, 4.69) is 10.1 Å². The maximum absolute atomic E-state index is 12.7. The highest BCUT2D eigenvalue weighted by molar-refractivity contribution is 6.42. The Balaban J connectivity index is 2.00. The van der Waals surface area contributed by atoms with E-state index in [1.54, 1.807) is 12.1 Å². The second-order valence-corrected chi connectivity index (χ2v) is 6.27. The minimum absolute atomic E-state index is 0.180. The molecule has 1 saturated heterocycles. The SMILES string of the molecule is COC(=O)/C=C/CNC(=O)C1CCCN1C(=O)c1ccc(Cl)c(Cl)c1. The number of carbonyl (C=O) groups excluding carboxylic acids is 3. The van der Waals surface area contributed by atoms with Crippen LogP contribution in [0.25, 0.3) is 0 Å². The number of rotatable bonds is 5. The summed E-state index contributed by atoms with van der Waals surface area (Å²) in [5.41, 5.74) is 0.389. The number of esters is 1. The van der Waals surface area contributed by atoms with Crippen LogP contribution in [0.2, 0.25) is 10.0 Å². The number of nitrogens with one attached hydrogen (secondary N) is 1. The number of hydrogen-bond acceptors (Lipinski definition) is 4. The first-order valence-electron chi connectivity index (χ1n) is 7.72. The highest BCUT2D eigenvalue weighted by Gasteiger charge is 2.34. The summed E-state index contributed by atoms with van der Waals surface area (Å²) < 4.78 is 4.46. The number of amides is 2. The molecule has 0 spiro atoms.